The molecule has 35 heteroatoms. The summed E-state index contributed by atoms with van der Waals surface area (Å²) in [6.07, 6.45) is 2.93. The highest BCUT2D eigenvalue weighted by Gasteiger charge is 2.31. The number of amides is 6. The van der Waals surface area contributed by atoms with Gasteiger partial charge in [-0.3, -0.25) is 77.2 Å². The van der Waals surface area contributed by atoms with Gasteiger partial charge in [0.1, 0.15) is 24.5 Å². The van der Waals surface area contributed by atoms with Crippen LogP contribution in [0, 0.1) is 35.3 Å². The summed E-state index contributed by atoms with van der Waals surface area (Å²) in [5.74, 6) is -9.55. The van der Waals surface area contributed by atoms with E-state index in [2.05, 4.69) is 41.2 Å². The average Bonchev–Trinajstić information content (AvgIpc) is 1.29. The molecule has 0 radical (unpaired) electrons. The topological polar surface area (TPSA) is 600 Å². The van der Waals surface area contributed by atoms with Crippen LogP contribution in [-0.4, -0.2) is 170 Å². The van der Waals surface area contributed by atoms with E-state index in [1.807, 2.05) is 0 Å². The molecular weight excluding hydrogens is 1230 g/mol. The van der Waals surface area contributed by atoms with Gasteiger partial charge in [0.15, 0.2) is 41.7 Å². The number of carboxylic acid groups (broad SMARTS) is 2. The first-order valence-corrected chi connectivity index (χ1v) is 29.2. The molecule has 0 aliphatic rings. The summed E-state index contributed by atoms with van der Waals surface area (Å²) < 4.78 is 25.1. The molecule has 0 aliphatic heterocycles. The Morgan fingerprint density at radius 2 is 0.892 bits per heavy atom. The molecule has 6 amide bonds. The summed E-state index contributed by atoms with van der Waals surface area (Å²) in [6.45, 7) is -0.869. The van der Waals surface area contributed by atoms with Crippen LogP contribution in [0.5, 0.6) is 0 Å². The number of guanidine groups is 2. The lowest BCUT2D eigenvalue weighted by molar-refractivity contribution is -0.141. The van der Waals surface area contributed by atoms with Gasteiger partial charge in [-0.1, -0.05) is 17.3 Å². The number of aliphatic carboxylic acids is 2. The van der Waals surface area contributed by atoms with E-state index in [4.69, 9.17) is 66.8 Å². The van der Waals surface area contributed by atoms with Gasteiger partial charge in [-0.2, -0.15) is 0 Å². The fraction of sp³-hybridized carbons (Fsp3) is 0.517. The maximum atomic E-state index is 13.4. The number of oxime groups is 1. The minimum atomic E-state index is -1.31. The highest BCUT2D eigenvalue weighted by atomic mass is 19.1. The van der Waals surface area contributed by atoms with E-state index in [1.54, 1.807) is 0 Å². The molecule has 0 spiro atoms. The van der Waals surface area contributed by atoms with Crippen molar-refractivity contribution in [1.29, 1.82) is 0 Å². The maximum Gasteiger partial charge on any atom is 0.304 e. The zero-order valence-electron chi connectivity index (χ0n) is 51.5. The van der Waals surface area contributed by atoms with E-state index in [-0.39, 0.29) is 69.4 Å². The molecule has 6 unspecified atom stereocenters. The predicted molar refractivity (Wildman–Crippen MR) is 333 cm³/mol. The van der Waals surface area contributed by atoms with Crippen LogP contribution in [0.25, 0.3) is 0 Å². The molecule has 0 aliphatic carbocycles. The molecule has 2 aromatic carbocycles. The largest absolute Gasteiger partial charge is 0.481 e. The number of Topliss-reactive ketones (excluding diaryl/α,β-unsaturated/α-hetero) is 4. The second-order valence-corrected chi connectivity index (χ2v) is 20.8. The molecule has 2 aromatic rings. The number of hydrogen-bond acceptors (Lipinski definition) is 21. The first-order chi connectivity index (χ1) is 44.0. The van der Waals surface area contributed by atoms with Crippen LogP contribution < -0.4 is 73.0 Å². The number of unbranched alkanes of at least 4 members (excludes halogenated alkanes) is 2. The number of aldehydes is 1. The Kier molecular flexibility index (Phi) is 43.9. The van der Waals surface area contributed by atoms with Crippen LogP contribution in [0.1, 0.15) is 119 Å². The van der Waals surface area contributed by atoms with Gasteiger partial charge in [-0.05, 0) is 119 Å². The summed E-state index contributed by atoms with van der Waals surface area (Å²) >= 11 is 0. The number of ketones is 4. The SMILES string of the molecule is NCCCCC(NC(=O)CO/N=C/c1ccc(F)cc1)C(=O)CC(CCCN=C(N)N)C(=O)NCC(=O)CC(CC(=O)O)C(N)=O.NCCCCC(NC(=O)CON)C(=O)CC(CCCN=C(N)N)C(=O)NCC(=O)CC(CC(=O)O)C(N)=O.O=Cc1ccc(F)cc1. The minimum Gasteiger partial charge on any atom is -0.481 e. The van der Waals surface area contributed by atoms with E-state index in [1.165, 1.54) is 54.7 Å². The molecule has 24 N–H and O–H groups in total. The zero-order valence-corrected chi connectivity index (χ0v) is 51.5. The third-order valence-corrected chi connectivity index (χ3v) is 13.1. The normalized spacial score (nSPS) is 12.5. The smallest absolute Gasteiger partial charge is 0.304 e. The Balaban J connectivity index is 0.00000162. The van der Waals surface area contributed by atoms with Crippen LogP contribution in [-0.2, 0) is 67.2 Å². The average molecular weight is 1320 g/mol. The third kappa shape index (κ3) is 42.0. The molecule has 0 saturated carbocycles. The molecule has 0 bridgehead atoms. The van der Waals surface area contributed by atoms with E-state index >= 15 is 0 Å². The molecule has 516 valence electrons. The van der Waals surface area contributed by atoms with Crippen LogP contribution in [0.15, 0.2) is 63.7 Å². The van der Waals surface area contributed by atoms with Gasteiger partial charge in [0, 0.05) is 56.2 Å². The van der Waals surface area contributed by atoms with Gasteiger partial charge in [0.05, 0.1) is 56.1 Å². The van der Waals surface area contributed by atoms with Gasteiger partial charge in [-0.25, -0.2) is 14.7 Å². The molecule has 6 atom stereocenters. The quantitative estimate of drug-likeness (QED) is 0.0107. The van der Waals surface area contributed by atoms with Crippen molar-refractivity contribution in [3.8, 4) is 0 Å². The summed E-state index contributed by atoms with van der Waals surface area (Å²) in [4.78, 5) is 173. The molecular formula is C58H88F2N16O17. The summed E-state index contributed by atoms with van der Waals surface area (Å²) in [5.41, 5.74) is 43.8. The standard InChI is InChI=1S/C29H43FN8O8.C22H40N8O8.C7H5FO/c30-21-8-6-18(7-9-21)15-37-46-17-25(41)38-23(5-1-2-10-31)24(40)13-19(4-3-11-35-29(33)34)28(45)36-16-22(39)12-20(27(32)44)14-26(42)43;23-6-2-1-5-16(30-18(33)12-38-27)17(32)9-13(4-3-7-28-22(25)26)21(37)29-11-15(31)8-14(20(24)36)10-19(34)35;8-7-3-1-6(5-9)2-4-7/h6-9,15,19-20,23H,1-5,10-14,16-17,31H2,(H2,32,44)(H,36,45)(H,38,41)(H,42,43)(H4,33,34,35);13-14,16H,1-12,23,27H2,(H2,24,36)(H,29,37)(H,30,33)(H,34,35)(H4,25,26,28);1-5H/b37-15+;;. The van der Waals surface area contributed by atoms with Crippen molar-refractivity contribution < 1.29 is 91.0 Å². The lowest BCUT2D eigenvalue weighted by Crippen LogP contribution is -2.45. The monoisotopic (exact) mass is 1320 g/mol. The fourth-order valence-electron chi connectivity index (χ4n) is 8.28. The van der Waals surface area contributed by atoms with E-state index in [0.717, 1.165) is 0 Å². The Labute approximate surface area is 534 Å². The van der Waals surface area contributed by atoms with E-state index < -0.39 is 164 Å². The first-order valence-electron chi connectivity index (χ1n) is 29.2. The molecule has 0 saturated heterocycles. The predicted octanol–water partition coefficient (Wildman–Crippen LogP) is -2.52. The lowest BCUT2D eigenvalue weighted by Gasteiger charge is -2.21. The fourth-order valence-corrected chi connectivity index (χ4v) is 8.28. The van der Waals surface area contributed by atoms with Crippen molar-refractivity contribution in [1.82, 2.24) is 21.3 Å². The second kappa shape index (κ2) is 49.0. The Morgan fingerprint density at radius 1 is 0.505 bits per heavy atom. The van der Waals surface area contributed by atoms with Crippen molar-refractivity contribution >= 4 is 94.9 Å². The molecule has 2 rings (SSSR count). The second-order valence-electron chi connectivity index (χ2n) is 20.8. The van der Waals surface area contributed by atoms with Gasteiger partial charge in [0.25, 0.3) is 5.91 Å². The number of halogens is 2. The molecule has 33 nitrogen and oxygen atoms in total. The van der Waals surface area contributed by atoms with E-state index in [9.17, 15) is 71.1 Å². The van der Waals surface area contributed by atoms with Gasteiger partial charge < -0.3 is 82.2 Å². The first kappa shape index (κ1) is 83.3. The molecule has 0 fully saturated rings. The zero-order chi connectivity index (χ0) is 70.3. The number of hydrogen-bond donors (Lipinski definition) is 15. The lowest BCUT2D eigenvalue weighted by atomic mass is 9.91. The number of benzene rings is 2. The number of rotatable bonds is 47. The van der Waals surface area contributed by atoms with Gasteiger partial charge in [-0.15, -0.1) is 0 Å². The number of nitrogens with one attached hydrogen (secondary N) is 4. The van der Waals surface area contributed by atoms with Crippen LogP contribution in [0.3, 0.4) is 0 Å². The van der Waals surface area contributed by atoms with Crippen molar-refractivity contribution in [3.63, 3.8) is 0 Å². The summed E-state index contributed by atoms with van der Waals surface area (Å²) in [7, 11) is 0. The number of carboxylic acids is 2. The number of nitrogens with zero attached hydrogens (tertiary/aromatic N) is 3. The van der Waals surface area contributed by atoms with Gasteiger partial charge in [0.2, 0.25) is 29.5 Å². The van der Waals surface area contributed by atoms with Crippen molar-refractivity contribution in [2.45, 2.75) is 115 Å². The molecule has 0 heterocycles. The van der Waals surface area contributed by atoms with Crippen molar-refractivity contribution in [2.24, 2.45) is 90.6 Å². The Bertz CT molecular complexity index is 2820. The molecule has 93 heavy (non-hydrogen) atoms. The summed E-state index contributed by atoms with van der Waals surface area (Å²) in [6, 6.07) is 8.88. The van der Waals surface area contributed by atoms with Crippen molar-refractivity contribution in [3.05, 3.63) is 71.3 Å². The highest BCUT2D eigenvalue weighted by Crippen LogP contribution is 2.19. The number of aliphatic imine (C=N–C) groups is 2. The Hall–Kier alpha value is -9.74. The minimum absolute atomic E-state index is 0.136. The van der Waals surface area contributed by atoms with Crippen molar-refractivity contribution in [2.75, 3.05) is 52.5 Å². The number of carbonyl (C=O) groups excluding carboxylic acids is 11. The van der Waals surface area contributed by atoms with Crippen LogP contribution in [0.4, 0.5) is 8.78 Å². The number of primary amides is 2. The summed E-state index contributed by atoms with van der Waals surface area (Å²) in [5, 5.41) is 31.4. The van der Waals surface area contributed by atoms with Crippen LogP contribution >= 0.6 is 0 Å². The van der Waals surface area contributed by atoms with Crippen LogP contribution in [0.2, 0.25) is 0 Å². The van der Waals surface area contributed by atoms with E-state index in [0.29, 0.717) is 69.0 Å². The third-order valence-electron chi connectivity index (χ3n) is 13.1. The maximum absolute atomic E-state index is 13.4. The highest BCUT2D eigenvalue weighted by molar-refractivity contribution is 5.96. The molecule has 0 aromatic heterocycles. The number of nitrogens with two attached hydrogens (primary N) is 9. The number of carbonyl (C=O) groups is 13. The Morgan fingerprint density at radius 3 is 1.24 bits per heavy atom. The van der Waals surface area contributed by atoms with Gasteiger partial charge >= 0.3 is 11.9 Å².